The van der Waals surface area contributed by atoms with E-state index in [-0.39, 0.29) is 11.3 Å². The Labute approximate surface area is 204 Å². The zero-order valence-corrected chi connectivity index (χ0v) is 19.9. The fourth-order valence-corrected chi connectivity index (χ4v) is 4.84. The van der Waals surface area contributed by atoms with Gasteiger partial charge >= 0.3 is 0 Å². The quantitative estimate of drug-likeness (QED) is 0.218. The van der Waals surface area contributed by atoms with Crippen LogP contribution >= 0.6 is 0 Å². The topological polar surface area (TPSA) is 73.4 Å². The van der Waals surface area contributed by atoms with Crippen LogP contribution in [0.25, 0.3) is 16.7 Å². The number of para-hydroxylation sites is 1. The van der Waals surface area contributed by atoms with E-state index in [1.54, 1.807) is 17.0 Å². The Hall–Kier alpha value is -4.12. The summed E-state index contributed by atoms with van der Waals surface area (Å²) in [5, 5.41) is 12.3. The van der Waals surface area contributed by atoms with Gasteiger partial charge in [-0.25, -0.2) is 0 Å². The van der Waals surface area contributed by atoms with Crippen LogP contribution in [-0.4, -0.2) is 33.2 Å². The van der Waals surface area contributed by atoms with Crippen molar-refractivity contribution < 1.29 is 14.7 Å². The molecule has 176 valence electrons. The first-order valence-corrected chi connectivity index (χ1v) is 12.0. The summed E-state index contributed by atoms with van der Waals surface area (Å²) in [5.41, 5.74) is 5.82. The minimum Gasteiger partial charge on any atom is -0.507 e. The van der Waals surface area contributed by atoms with Gasteiger partial charge in [-0.15, -0.1) is 0 Å². The molecule has 1 saturated heterocycles. The first-order valence-electron chi connectivity index (χ1n) is 12.0. The van der Waals surface area contributed by atoms with E-state index < -0.39 is 17.7 Å². The Morgan fingerprint density at radius 2 is 1.69 bits per heavy atom. The largest absolute Gasteiger partial charge is 0.507 e. The molecule has 0 saturated carbocycles. The molecule has 1 aliphatic rings. The Morgan fingerprint density at radius 3 is 2.40 bits per heavy atom. The molecule has 2 heterocycles. The standard InChI is InChI=1S/C30H28N2O3/c1-3-20-10-14-21(15-11-20)27-26(28(33)22-12-8-19(2)9-13-22)29(34)30(35)32(27)17-16-23-18-31-25-7-5-4-6-24(23)25/h4-15,18,27,31,33H,3,16-17H2,1-2H3/b28-26-. The Balaban J connectivity index is 1.56. The van der Waals surface area contributed by atoms with E-state index in [0.29, 0.717) is 18.5 Å². The third kappa shape index (κ3) is 4.14. The summed E-state index contributed by atoms with van der Waals surface area (Å²) in [6.45, 7) is 4.40. The van der Waals surface area contributed by atoms with Crippen LogP contribution in [0, 0.1) is 6.92 Å². The van der Waals surface area contributed by atoms with Crippen molar-refractivity contribution in [3.8, 4) is 0 Å². The van der Waals surface area contributed by atoms with Gasteiger partial charge in [0, 0.05) is 29.2 Å². The van der Waals surface area contributed by atoms with Crippen molar-refractivity contribution in [3.63, 3.8) is 0 Å². The van der Waals surface area contributed by atoms with Crippen LogP contribution in [0.4, 0.5) is 0 Å². The molecule has 3 aromatic carbocycles. The van der Waals surface area contributed by atoms with Crippen LogP contribution in [0.2, 0.25) is 0 Å². The molecule has 35 heavy (non-hydrogen) atoms. The van der Waals surface area contributed by atoms with Crippen molar-refractivity contribution in [2.24, 2.45) is 0 Å². The van der Waals surface area contributed by atoms with E-state index in [9.17, 15) is 14.7 Å². The van der Waals surface area contributed by atoms with E-state index in [4.69, 9.17) is 0 Å². The van der Waals surface area contributed by atoms with Gasteiger partial charge in [-0.3, -0.25) is 9.59 Å². The molecule has 1 unspecified atom stereocenters. The Kier molecular flexibility index (Phi) is 6.00. The zero-order valence-electron chi connectivity index (χ0n) is 19.9. The molecule has 1 aromatic heterocycles. The lowest BCUT2D eigenvalue weighted by molar-refractivity contribution is -0.139. The van der Waals surface area contributed by atoms with Crippen molar-refractivity contribution in [1.82, 2.24) is 9.88 Å². The fourth-order valence-electron chi connectivity index (χ4n) is 4.84. The number of hydrogen-bond acceptors (Lipinski definition) is 3. The van der Waals surface area contributed by atoms with E-state index in [1.807, 2.05) is 73.8 Å². The summed E-state index contributed by atoms with van der Waals surface area (Å²) in [6.07, 6.45) is 3.44. The van der Waals surface area contributed by atoms with Gasteiger partial charge in [0.25, 0.3) is 11.7 Å². The van der Waals surface area contributed by atoms with Crippen LogP contribution in [-0.2, 0) is 22.4 Å². The molecule has 0 spiro atoms. The SMILES string of the molecule is CCc1ccc(C2/C(=C(/O)c3ccc(C)cc3)C(=O)C(=O)N2CCc2c[nH]c3ccccc23)cc1. The fraction of sp³-hybridized carbons (Fsp3) is 0.200. The number of rotatable bonds is 6. The van der Waals surface area contributed by atoms with Crippen LogP contribution in [0.1, 0.15) is 40.8 Å². The highest BCUT2D eigenvalue weighted by atomic mass is 16.3. The molecule has 1 atom stereocenters. The van der Waals surface area contributed by atoms with Crippen LogP contribution < -0.4 is 0 Å². The molecule has 2 N–H and O–H groups in total. The first-order chi connectivity index (χ1) is 17.0. The number of carbonyl (C=O) groups is 2. The number of nitrogens with zero attached hydrogens (tertiary/aromatic N) is 1. The molecule has 1 aliphatic heterocycles. The number of aromatic nitrogens is 1. The van der Waals surface area contributed by atoms with Gasteiger partial charge in [0.2, 0.25) is 0 Å². The van der Waals surface area contributed by atoms with Gasteiger partial charge in [0.15, 0.2) is 0 Å². The van der Waals surface area contributed by atoms with Crippen LogP contribution in [0.5, 0.6) is 0 Å². The highest BCUT2D eigenvalue weighted by Crippen LogP contribution is 2.39. The zero-order chi connectivity index (χ0) is 24.5. The number of benzene rings is 3. The maximum atomic E-state index is 13.3. The molecule has 0 aliphatic carbocycles. The van der Waals surface area contributed by atoms with Crippen LogP contribution in [0.15, 0.2) is 84.6 Å². The highest BCUT2D eigenvalue weighted by Gasteiger charge is 2.45. The molecule has 5 rings (SSSR count). The highest BCUT2D eigenvalue weighted by molar-refractivity contribution is 6.46. The molecule has 5 nitrogen and oxygen atoms in total. The number of Topliss-reactive ketones (excluding diaryl/α,β-unsaturated/α-hetero) is 1. The molecule has 4 aromatic rings. The molecule has 1 fully saturated rings. The second-order valence-corrected chi connectivity index (χ2v) is 9.06. The molecule has 5 heteroatoms. The summed E-state index contributed by atoms with van der Waals surface area (Å²) < 4.78 is 0. The summed E-state index contributed by atoms with van der Waals surface area (Å²) in [7, 11) is 0. The summed E-state index contributed by atoms with van der Waals surface area (Å²) in [6, 6.07) is 22.6. The van der Waals surface area contributed by atoms with Crippen molar-refractivity contribution in [3.05, 3.63) is 112 Å². The number of carbonyl (C=O) groups excluding carboxylic acids is 2. The molecule has 0 bridgehead atoms. The van der Waals surface area contributed by atoms with Gasteiger partial charge in [-0.05, 0) is 42.5 Å². The first kappa shape index (κ1) is 22.7. The minimum atomic E-state index is -0.647. The number of aliphatic hydroxyl groups excluding tert-OH is 1. The number of fused-ring (bicyclic) bond motifs is 1. The lowest BCUT2D eigenvalue weighted by Gasteiger charge is -2.25. The summed E-state index contributed by atoms with van der Waals surface area (Å²) in [5.74, 6) is -1.36. The van der Waals surface area contributed by atoms with E-state index in [2.05, 4.69) is 11.9 Å². The second-order valence-electron chi connectivity index (χ2n) is 9.06. The second kappa shape index (κ2) is 9.26. The smallest absolute Gasteiger partial charge is 0.295 e. The number of aliphatic hydroxyl groups is 1. The minimum absolute atomic E-state index is 0.137. The average molecular weight is 465 g/mol. The number of ketones is 1. The van der Waals surface area contributed by atoms with Crippen molar-refractivity contribution >= 4 is 28.4 Å². The monoisotopic (exact) mass is 464 g/mol. The predicted molar refractivity (Wildman–Crippen MR) is 138 cm³/mol. The van der Waals surface area contributed by atoms with E-state index in [0.717, 1.165) is 34.0 Å². The third-order valence-electron chi connectivity index (χ3n) is 6.87. The third-order valence-corrected chi connectivity index (χ3v) is 6.87. The summed E-state index contributed by atoms with van der Waals surface area (Å²) in [4.78, 5) is 31.4. The Bertz CT molecular complexity index is 1430. The number of hydrogen-bond donors (Lipinski definition) is 2. The number of amides is 1. The molecular formula is C30H28N2O3. The normalized spacial score (nSPS) is 17.4. The maximum absolute atomic E-state index is 13.3. The molecule has 1 amide bonds. The van der Waals surface area contributed by atoms with Gasteiger partial charge in [0.1, 0.15) is 5.76 Å². The lowest BCUT2D eigenvalue weighted by atomic mass is 9.94. The maximum Gasteiger partial charge on any atom is 0.295 e. The van der Waals surface area contributed by atoms with Gasteiger partial charge in [-0.1, -0.05) is 79.2 Å². The lowest BCUT2D eigenvalue weighted by Crippen LogP contribution is -2.31. The number of nitrogens with one attached hydrogen (secondary N) is 1. The predicted octanol–water partition coefficient (Wildman–Crippen LogP) is 5.70. The van der Waals surface area contributed by atoms with E-state index in [1.165, 1.54) is 5.56 Å². The number of H-pyrrole nitrogens is 1. The van der Waals surface area contributed by atoms with Crippen LogP contribution in [0.3, 0.4) is 0 Å². The molecule has 0 radical (unpaired) electrons. The number of aromatic amines is 1. The van der Waals surface area contributed by atoms with Gasteiger partial charge in [0.05, 0.1) is 11.6 Å². The number of likely N-dealkylation sites (tertiary alicyclic amines) is 1. The van der Waals surface area contributed by atoms with Gasteiger partial charge < -0.3 is 15.0 Å². The summed E-state index contributed by atoms with van der Waals surface area (Å²) >= 11 is 0. The number of aryl methyl sites for hydroxylation is 2. The van der Waals surface area contributed by atoms with Crippen molar-refractivity contribution in [1.29, 1.82) is 0 Å². The van der Waals surface area contributed by atoms with Crippen molar-refractivity contribution in [2.75, 3.05) is 6.54 Å². The molecular weight excluding hydrogens is 436 g/mol. The van der Waals surface area contributed by atoms with Crippen molar-refractivity contribution in [2.45, 2.75) is 32.7 Å². The average Bonchev–Trinajstić information content (AvgIpc) is 3.41. The van der Waals surface area contributed by atoms with Gasteiger partial charge in [-0.2, -0.15) is 0 Å². The Morgan fingerprint density at radius 1 is 0.971 bits per heavy atom. The van der Waals surface area contributed by atoms with E-state index >= 15 is 0 Å².